The largest absolute Gasteiger partial charge is 0.301 e. The van der Waals surface area contributed by atoms with Crippen LogP contribution in [0, 0.1) is 6.92 Å². The molecule has 0 aromatic heterocycles. The highest BCUT2D eigenvalue weighted by Gasteiger charge is 2.20. The van der Waals surface area contributed by atoms with Crippen LogP contribution in [-0.4, -0.2) is 34.0 Å². The van der Waals surface area contributed by atoms with E-state index in [1.807, 2.05) is 74.4 Å². The van der Waals surface area contributed by atoms with Gasteiger partial charge in [-0.25, -0.2) is 13.1 Å². The van der Waals surface area contributed by atoms with Crippen molar-refractivity contribution in [3.05, 3.63) is 70.2 Å². The van der Waals surface area contributed by atoms with Gasteiger partial charge in [0.2, 0.25) is 10.0 Å². The SMILES string of the molecule is Cc1cccc(CS(=O)(=O)NCC(c2ccccc2Cl)N(C)C)c1. The summed E-state index contributed by atoms with van der Waals surface area (Å²) in [4.78, 5) is 1.95. The van der Waals surface area contributed by atoms with Crippen molar-refractivity contribution in [3.63, 3.8) is 0 Å². The molecule has 6 heteroatoms. The number of benzene rings is 2. The van der Waals surface area contributed by atoms with Gasteiger partial charge in [-0.3, -0.25) is 0 Å². The molecule has 1 atom stereocenters. The van der Waals surface area contributed by atoms with Gasteiger partial charge in [0, 0.05) is 17.6 Å². The standard InChI is InChI=1S/C18H23ClN2O2S/c1-14-7-6-8-15(11-14)13-24(22,23)20-12-18(21(2)3)16-9-4-5-10-17(16)19/h4-11,18,20H,12-13H2,1-3H3. The molecular weight excluding hydrogens is 344 g/mol. The molecule has 0 spiro atoms. The lowest BCUT2D eigenvalue weighted by Crippen LogP contribution is -2.35. The molecule has 2 aromatic carbocycles. The number of sulfonamides is 1. The maximum Gasteiger partial charge on any atom is 0.215 e. The van der Waals surface area contributed by atoms with Crippen molar-refractivity contribution in [2.45, 2.75) is 18.7 Å². The maximum atomic E-state index is 12.4. The molecule has 0 amide bonds. The molecule has 0 saturated carbocycles. The fraction of sp³-hybridized carbons (Fsp3) is 0.333. The topological polar surface area (TPSA) is 49.4 Å². The van der Waals surface area contributed by atoms with Crippen molar-refractivity contribution in [2.75, 3.05) is 20.6 Å². The van der Waals surface area contributed by atoms with E-state index >= 15 is 0 Å². The van der Waals surface area contributed by atoms with Crippen molar-refractivity contribution in [1.29, 1.82) is 0 Å². The lowest BCUT2D eigenvalue weighted by molar-refractivity contribution is 0.299. The minimum absolute atomic E-state index is 0.0304. The second kappa shape index (κ2) is 8.12. The van der Waals surface area contributed by atoms with Gasteiger partial charge in [-0.15, -0.1) is 0 Å². The Kier molecular flexibility index (Phi) is 6.40. The zero-order chi connectivity index (χ0) is 17.7. The molecule has 1 N–H and O–H groups in total. The van der Waals surface area contributed by atoms with E-state index in [4.69, 9.17) is 11.6 Å². The normalized spacial score (nSPS) is 13.2. The highest BCUT2D eigenvalue weighted by molar-refractivity contribution is 7.88. The van der Waals surface area contributed by atoms with E-state index in [9.17, 15) is 8.42 Å². The van der Waals surface area contributed by atoms with Crippen molar-refractivity contribution >= 4 is 21.6 Å². The predicted molar refractivity (Wildman–Crippen MR) is 99.7 cm³/mol. The Hall–Kier alpha value is -1.40. The molecule has 0 radical (unpaired) electrons. The molecule has 0 bridgehead atoms. The van der Waals surface area contributed by atoms with E-state index in [1.54, 1.807) is 0 Å². The van der Waals surface area contributed by atoms with E-state index < -0.39 is 10.0 Å². The van der Waals surface area contributed by atoms with Crippen molar-refractivity contribution in [1.82, 2.24) is 9.62 Å². The van der Waals surface area contributed by atoms with Crippen LogP contribution in [0.25, 0.3) is 0 Å². The van der Waals surface area contributed by atoms with Crippen LogP contribution in [0.1, 0.15) is 22.7 Å². The van der Waals surface area contributed by atoms with Gasteiger partial charge >= 0.3 is 0 Å². The molecular formula is C18H23ClN2O2S. The van der Waals surface area contributed by atoms with Crippen LogP contribution in [0.15, 0.2) is 48.5 Å². The monoisotopic (exact) mass is 366 g/mol. The summed E-state index contributed by atoms with van der Waals surface area (Å²) < 4.78 is 27.5. The van der Waals surface area contributed by atoms with E-state index in [0.717, 1.165) is 16.7 Å². The van der Waals surface area contributed by atoms with Crippen LogP contribution >= 0.6 is 11.6 Å². The Balaban J connectivity index is 2.10. The number of rotatable bonds is 7. The minimum Gasteiger partial charge on any atom is -0.301 e. The molecule has 0 aliphatic heterocycles. The summed E-state index contributed by atoms with van der Waals surface area (Å²) in [5, 5.41) is 0.633. The molecule has 0 aliphatic rings. The average Bonchev–Trinajstić information content (AvgIpc) is 2.48. The summed E-state index contributed by atoms with van der Waals surface area (Å²) in [5.41, 5.74) is 2.73. The highest BCUT2D eigenvalue weighted by Crippen LogP contribution is 2.25. The zero-order valence-electron chi connectivity index (χ0n) is 14.2. The number of aryl methyl sites for hydroxylation is 1. The van der Waals surface area contributed by atoms with Crippen LogP contribution in [0.2, 0.25) is 5.02 Å². The fourth-order valence-corrected chi connectivity index (χ4v) is 3.99. The van der Waals surface area contributed by atoms with Crippen LogP contribution in [0.3, 0.4) is 0 Å². The molecule has 130 valence electrons. The summed E-state index contributed by atoms with van der Waals surface area (Å²) >= 11 is 6.26. The first-order chi connectivity index (χ1) is 11.3. The quantitative estimate of drug-likeness (QED) is 0.817. The lowest BCUT2D eigenvalue weighted by Gasteiger charge is -2.26. The van der Waals surface area contributed by atoms with E-state index in [1.165, 1.54) is 0 Å². The Morgan fingerprint density at radius 3 is 2.46 bits per heavy atom. The zero-order valence-corrected chi connectivity index (χ0v) is 15.7. The number of nitrogens with one attached hydrogen (secondary N) is 1. The molecule has 0 fully saturated rings. The minimum atomic E-state index is -3.42. The van der Waals surface area contributed by atoms with Crippen LogP contribution in [0.4, 0.5) is 0 Å². The van der Waals surface area contributed by atoms with Gasteiger partial charge < -0.3 is 4.90 Å². The Bertz CT molecular complexity index is 791. The smallest absolute Gasteiger partial charge is 0.215 e. The third kappa shape index (κ3) is 5.31. The number of nitrogens with zero attached hydrogens (tertiary/aromatic N) is 1. The highest BCUT2D eigenvalue weighted by atomic mass is 35.5. The summed E-state index contributed by atoms with van der Waals surface area (Å²) in [7, 11) is 0.391. The molecule has 4 nitrogen and oxygen atoms in total. The van der Waals surface area contributed by atoms with Gasteiger partial charge in [-0.2, -0.15) is 0 Å². The first kappa shape index (κ1) is 18.9. The molecule has 24 heavy (non-hydrogen) atoms. The third-order valence-corrected chi connectivity index (χ3v) is 5.49. The van der Waals surface area contributed by atoms with Gasteiger partial charge in [-0.05, 0) is 38.2 Å². The lowest BCUT2D eigenvalue weighted by atomic mass is 10.1. The first-order valence-corrected chi connectivity index (χ1v) is 9.75. The van der Waals surface area contributed by atoms with Crippen LogP contribution in [0.5, 0.6) is 0 Å². The number of halogens is 1. The molecule has 2 aromatic rings. The van der Waals surface area contributed by atoms with Crippen molar-refractivity contribution in [2.24, 2.45) is 0 Å². The molecule has 0 aliphatic carbocycles. The van der Waals surface area contributed by atoms with Gasteiger partial charge in [-0.1, -0.05) is 59.6 Å². The molecule has 2 rings (SSSR count). The Morgan fingerprint density at radius 2 is 1.83 bits per heavy atom. The second-order valence-electron chi connectivity index (χ2n) is 6.10. The van der Waals surface area contributed by atoms with E-state index in [2.05, 4.69) is 4.72 Å². The van der Waals surface area contributed by atoms with Gasteiger partial charge in [0.25, 0.3) is 0 Å². The average molecular weight is 367 g/mol. The number of hydrogen-bond acceptors (Lipinski definition) is 3. The fourth-order valence-electron chi connectivity index (χ4n) is 2.59. The maximum absolute atomic E-state index is 12.4. The number of likely N-dealkylation sites (N-methyl/N-ethyl adjacent to an activating group) is 1. The van der Waals surface area contributed by atoms with Gasteiger partial charge in [0.15, 0.2) is 0 Å². The first-order valence-electron chi connectivity index (χ1n) is 7.72. The van der Waals surface area contributed by atoms with E-state index in [-0.39, 0.29) is 18.3 Å². The molecule has 0 heterocycles. The van der Waals surface area contributed by atoms with Gasteiger partial charge in [0.05, 0.1) is 5.75 Å². The molecule has 0 saturated heterocycles. The van der Waals surface area contributed by atoms with E-state index in [0.29, 0.717) is 5.02 Å². The van der Waals surface area contributed by atoms with Crippen molar-refractivity contribution in [3.8, 4) is 0 Å². The van der Waals surface area contributed by atoms with Gasteiger partial charge in [0.1, 0.15) is 0 Å². The summed E-state index contributed by atoms with van der Waals surface area (Å²) in [6.45, 7) is 2.22. The van der Waals surface area contributed by atoms with Crippen molar-refractivity contribution < 1.29 is 8.42 Å². The van der Waals surface area contributed by atoms with Crippen LogP contribution < -0.4 is 4.72 Å². The summed E-state index contributed by atoms with van der Waals surface area (Å²) in [6, 6.07) is 14.9. The third-order valence-electron chi connectivity index (χ3n) is 3.82. The Labute approximate surface area is 149 Å². The second-order valence-corrected chi connectivity index (χ2v) is 8.31. The molecule has 1 unspecified atom stereocenters. The summed E-state index contributed by atoms with van der Waals surface area (Å²) in [6.07, 6.45) is 0. The van der Waals surface area contributed by atoms with Crippen LogP contribution in [-0.2, 0) is 15.8 Å². The predicted octanol–water partition coefficient (Wildman–Crippen LogP) is 3.37. The number of hydrogen-bond donors (Lipinski definition) is 1. The summed E-state index contributed by atoms with van der Waals surface area (Å²) in [5.74, 6) is -0.0304. The Morgan fingerprint density at radius 1 is 1.12 bits per heavy atom.